The number of fused-ring (bicyclic) bond motifs is 2. The van der Waals surface area contributed by atoms with Crippen molar-refractivity contribution in [2.24, 2.45) is 0 Å². The first-order chi connectivity index (χ1) is 18.2. The van der Waals surface area contributed by atoms with E-state index in [9.17, 15) is 12.8 Å². The average molecular weight is 528 g/mol. The molecule has 0 aliphatic carbocycles. The normalized spacial score (nSPS) is 12.0. The maximum absolute atomic E-state index is 14.5. The van der Waals surface area contributed by atoms with Gasteiger partial charge in [0.15, 0.2) is 5.82 Å². The number of hydrogen-bond acceptors (Lipinski definition) is 6. The number of hydrogen-bond donors (Lipinski definition) is 3. The number of imidazole rings is 1. The predicted octanol–water partition coefficient (Wildman–Crippen LogP) is 4.73. The van der Waals surface area contributed by atoms with Gasteiger partial charge in [-0.25, -0.2) is 22.5 Å². The molecule has 0 unspecified atom stereocenters. The highest BCUT2D eigenvalue weighted by molar-refractivity contribution is 7.88. The van der Waals surface area contributed by atoms with E-state index in [2.05, 4.69) is 35.9 Å². The summed E-state index contributed by atoms with van der Waals surface area (Å²) in [5.41, 5.74) is 7.34. The minimum atomic E-state index is -3.43. The Morgan fingerprint density at radius 2 is 1.84 bits per heavy atom. The summed E-state index contributed by atoms with van der Waals surface area (Å²) in [5.74, 6) is 0.0369. The van der Waals surface area contributed by atoms with Gasteiger partial charge in [-0.3, -0.25) is 15.1 Å². The van der Waals surface area contributed by atoms with Crippen molar-refractivity contribution < 1.29 is 12.8 Å². The van der Waals surface area contributed by atoms with Crippen molar-refractivity contribution in [1.82, 2.24) is 34.9 Å². The van der Waals surface area contributed by atoms with Gasteiger partial charge in [-0.15, -0.1) is 0 Å². The molecule has 9 nitrogen and oxygen atoms in total. The minimum Gasteiger partial charge on any atom is -0.336 e. The predicted molar refractivity (Wildman–Crippen MR) is 144 cm³/mol. The van der Waals surface area contributed by atoms with Crippen molar-refractivity contribution in [3.63, 3.8) is 0 Å². The van der Waals surface area contributed by atoms with Gasteiger partial charge in [0.1, 0.15) is 17.0 Å². The van der Waals surface area contributed by atoms with Crippen molar-refractivity contribution >= 4 is 32.0 Å². The Morgan fingerprint density at radius 1 is 0.974 bits per heavy atom. The number of H-pyrrole nitrogens is 2. The van der Waals surface area contributed by atoms with E-state index < -0.39 is 15.8 Å². The second kappa shape index (κ2) is 9.12. The summed E-state index contributed by atoms with van der Waals surface area (Å²) in [6, 6.07) is 14.2. The van der Waals surface area contributed by atoms with Crippen LogP contribution in [0.15, 0.2) is 67.1 Å². The second-order valence-electron chi connectivity index (χ2n) is 9.11. The lowest BCUT2D eigenvalue weighted by Crippen LogP contribution is -2.21. The first kappa shape index (κ1) is 23.9. The molecule has 190 valence electrons. The highest BCUT2D eigenvalue weighted by Gasteiger charge is 2.17. The fourth-order valence-corrected chi connectivity index (χ4v) is 4.92. The maximum atomic E-state index is 14.5. The van der Waals surface area contributed by atoms with Gasteiger partial charge in [-0.2, -0.15) is 5.10 Å². The quantitative estimate of drug-likeness (QED) is 0.287. The molecule has 11 heteroatoms. The number of halogens is 1. The standard InChI is InChI=1S/C27H22FN7O2S/c1-15-5-7-29-14-21(15)17-3-4-22-20(12-17)25(35-34-22)27-32-23-6-8-30-24(26(23)33-27)18-9-16(10-19(28)11-18)13-31-38(2,36)37/h3-12,14,31H,13H2,1-2H3,(H,32,33)(H,34,35). The Morgan fingerprint density at radius 3 is 2.66 bits per heavy atom. The lowest BCUT2D eigenvalue weighted by molar-refractivity contribution is 0.586. The monoisotopic (exact) mass is 527 g/mol. The topological polar surface area (TPSA) is 129 Å². The zero-order chi connectivity index (χ0) is 26.4. The third-order valence-electron chi connectivity index (χ3n) is 6.31. The third kappa shape index (κ3) is 4.53. The van der Waals surface area contributed by atoms with E-state index in [4.69, 9.17) is 4.98 Å². The van der Waals surface area contributed by atoms with E-state index in [1.54, 1.807) is 24.5 Å². The molecular formula is C27H22FN7O2S. The van der Waals surface area contributed by atoms with Gasteiger partial charge in [0, 0.05) is 41.6 Å². The van der Waals surface area contributed by atoms with Gasteiger partial charge >= 0.3 is 0 Å². The Kier molecular flexibility index (Phi) is 5.73. The summed E-state index contributed by atoms with van der Waals surface area (Å²) < 4.78 is 39.9. The molecule has 0 aliphatic heterocycles. The summed E-state index contributed by atoms with van der Waals surface area (Å²) in [7, 11) is -3.43. The highest BCUT2D eigenvalue weighted by atomic mass is 32.2. The van der Waals surface area contributed by atoms with Gasteiger partial charge in [0.25, 0.3) is 0 Å². The molecule has 4 heterocycles. The molecule has 0 saturated carbocycles. The minimum absolute atomic E-state index is 0.0383. The number of aryl methyl sites for hydroxylation is 1. The largest absolute Gasteiger partial charge is 0.336 e. The van der Waals surface area contributed by atoms with Gasteiger partial charge in [0.2, 0.25) is 10.0 Å². The molecule has 0 radical (unpaired) electrons. The Labute approximate surface area is 217 Å². The zero-order valence-corrected chi connectivity index (χ0v) is 21.3. The van der Waals surface area contributed by atoms with Crippen molar-refractivity contribution in [3.05, 3.63) is 84.1 Å². The summed E-state index contributed by atoms with van der Waals surface area (Å²) >= 11 is 0. The summed E-state index contributed by atoms with van der Waals surface area (Å²) in [5, 5.41) is 8.47. The third-order valence-corrected chi connectivity index (χ3v) is 6.98. The molecule has 4 aromatic heterocycles. The molecule has 0 bridgehead atoms. The molecular weight excluding hydrogens is 505 g/mol. The van der Waals surface area contributed by atoms with E-state index in [-0.39, 0.29) is 6.54 Å². The van der Waals surface area contributed by atoms with Crippen LogP contribution in [0.1, 0.15) is 11.1 Å². The first-order valence-corrected chi connectivity index (χ1v) is 13.6. The number of sulfonamides is 1. The first-order valence-electron chi connectivity index (χ1n) is 11.7. The molecule has 0 amide bonds. The number of pyridine rings is 2. The van der Waals surface area contributed by atoms with Crippen LogP contribution in [0.3, 0.4) is 0 Å². The number of nitrogens with one attached hydrogen (secondary N) is 3. The van der Waals surface area contributed by atoms with Gasteiger partial charge in [-0.05, 0) is 66.1 Å². The van der Waals surface area contributed by atoms with Crippen LogP contribution in [0.25, 0.3) is 55.8 Å². The van der Waals surface area contributed by atoms with Crippen LogP contribution in [-0.2, 0) is 16.6 Å². The SMILES string of the molecule is Cc1ccncc1-c1ccc2[nH]nc(-c3nc4c(-c5cc(F)cc(CNS(C)(=O)=O)c5)nccc4[nH]3)c2c1. The summed E-state index contributed by atoms with van der Waals surface area (Å²) in [4.78, 5) is 16.8. The van der Waals surface area contributed by atoms with E-state index >= 15 is 0 Å². The number of aromatic nitrogens is 6. The Hall–Kier alpha value is -4.48. The summed E-state index contributed by atoms with van der Waals surface area (Å²) in [6.45, 7) is 2.00. The van der Waals surface area contributed by atoms with Gasteiger partial charge in [0.05, 0.1) is 23.0 Å². The van der Waals surface area contributed by atoms with Gasteiger partial charge < -0.3 is 4.98 Å². The molecule has 38 heavy (non-hydrogen) atoms. The smallest absolute Gasteiger partial charge is 0.209 e. The molecule has 6 rings (SSSR count). The molecule has 0 fully saturated rings. The van der Waals surface area contributed by atoms with Crippen molar-refractivity contribution in [3.8, 4) is 33.9 Å². The van der Waals surface area contributed by atoms with Crippen LogP contribution in [0, 0.1) is 12.7 Å². The number of benzene rings is 2. The van der Waals surface area contributed by atoms with Crippen LogP contribution in [-0.4, -0.2) is 44.8 Å². The van der Waals surface area contributed by atoms with Crippen LogP contribution in [0.5, 0.6) is 0 Å². The summed E-state index contributed by atoms with van der Waals surface area (Å²) in [6.07, 6.45) is 6.28. The van der Waals surface area contributed by atoms with E-state index in [1.807, 2.05) is 31.3 Å². The fourth-order valence-electron chi connectivity index (χ4n) is 4.49. The molecule has 0 spiro atoms. The van der Waals surface area contributed by atoms with E-state index in [0.717, 1.165) is 33.8 Å². The lowest BCUT2D eigenvalue weighted by atomic mass is 10.0. The fraction of sp³-hybridized carbons (Fsp3) is 0.111. The highest BCUT2D eigenvalue weighted by Crippen LogP contribution is 2.33. The van der Waals surface area contributed by atoms with E-state index in [1.165, 1.54) is 12.1 Å². The van der Waals surface area contributed by atoms with Crippen molar-refractivity contribution in [2.75, 3.05) is 6.26 Å². The Balaban J connectivity index is 1.44. The van der Waals surface area contributed by atoms with Crippen LogP contribution in [0.4, 0.5) is 4.39 Å². The molecule has 6 aromatic rings. The van der Waals surface area contributed by atoms with Crippen LogP contribution >= 0.6 is 0 Å². The number of nitrogens with zero attached hydrogens (tertiary/aromatic N) is 4. The zero-order valence-electron chi connectivity index (χ0n) is 20.4. The Bertz CT molecular complexity index is 1950. The number of rotatable bonds is 6. The van der Waals surface area contributed by atoms with E-state index in [0.29, 0.717) is 39.4 Å². The van der Waals surface area contributed by atoms with Gasteiger partial charge in [-0.1, -0.05) is 6.07 Å². The van der Waals surface area contributed by atoms with Crippen LogP contribution < -0.4 is 4.72 Å². The molecule has 0 atom stereocenters. The van der Waals surface area contributed by atoms with Crippen molar-refractivity contribution in [1.29, 1.82) is 0 Å². The van der Waals surface area contributed by atoms with Crippen LogP contribution in [0.2, 0.25) is 0 Å². The molecule has 3 N–H and O–H groups in total. The second-order valence-corrected chi connectivity index (χ2v) is 10.9. The maximum Gasteiger partial charge on any atom is 0.209 e. The number of aromatic amines is 2. The lowest BCUT2D eigenvalue weighted by Gasteiger charge is -2.07. The molecule has 2 aromatic carbocycles. The van der Waals surface area contributed by atoms with Crippen molar-refractivity contribution in [2.45, 2.75) is 13.5 Å². The average Bonchev–Trinajstić information content (AvgIpc) is 3.50. The molecule has 0 saturated heterocycles. The molecule has 0 aliphatic rings.